The van der Waals surface area contributed by atoms with Gasteiger partial charge >= 0.3 is 0 Å². The van der Waals surface area contributed by atoms with E-state index >= 15 is 0 Å². The molecule has 0 amide bonds. The van der Waals surface area contributed by atoms with E-state index in [9.17, 15) is 0 Å². The number of halogens is 1. The van der Waals surface area contributed by atoms with E-state index in [4.69, 9.17) is 11.6 Å². The molecule has 1 atom stereocenters. The Morgan fingerprint density at radius 3 is 2.10 bits per heavy atom. The fourth-order valence-corrected chi connectivity index (χ4v) is 6.56. The Labute approximate surface area is 181 Å². The molecule has 0 aliphatic heterocycles. The predicted molar refractivity (Wildman–Crippen MR) is 126 cm³/mol. The summed E-state index contributed by atoms with van der Waals surface area (Å²) < 4.78 is 0. The average molecular weight is 403 g/mol. The summed E-state index contributed by atoms with van der Waals surface area (Å²) >= 11 is 6.68. The van der Waals surface area contributed by atoms with Crippen LogP contribution in [0.4, 0.5) is 0 Å². The lowest BCUT2D eigenvalue weighted by Gasteiger charge is -2.36. The number of hydrogen-bond donors (Lipinski definition) is 0. The van der Waals surface area contributed by atoms with E-state index in [2.05, 4.69) is 97.1 Å². The van der Waals surface area contributed by atoms with Crippen molar-refractivity contribution in [3.05, 3.63) is 124 Å². The topological polar surface area (TPSA) is 0 Å². The molecule has 0 radical (unpaired) electrons. The maximum Gasteiger partial charge on any atom is 0.0541 e. The zero-order valence-corrected chi connectivity index (χ0v) is 17.2. The average Bonchev–Trinajstić information content (AvgIpc) is 3.26. The van der Waals surface area contributed by atoms with Gasteiger partial charge in [-0.1, -0.05) is 103 Å². The molecule has 1 unspecified atom stereocenters. The molecule has 0 heterocycles. The largest absolute Gasteiger partial charge is 0.0891 e. The molecule has 7 rings (SSSR count). The number of fused-ring (bicyclic) bond motifs is 12. The smallest absolute Gasteiger partial charge is 0.0541 e. The van der Waals surface area contributed by atoms with Crippen molar-refractivity contribution in [3.8, 4) is 11.1 Å². The Bertz CT molecular complexity index is 1390. The third-order valence-electron chi connectivity index (χ3n) is 7.38. The molecule has 0 nitrogen and oxygen atoms in total. The van der Waals surface area contributed by atoms with Crippen LogP contribution in [-0.4, -0.2) is 0 Å². The molecule has 4 aromatic rings. The molecular formula is C29H19Cl. The normalized spacial score (nSPS) is 19.7. The van der Waals surface area contributed by atoms with E-state index < -0.39 is 0 Å². The van der Waals surface area contributed by atoms with E-state index in [-0.39, 0.29) is 5.41 Å². The monoisotopic (exact) mass is 402 g/mol. The summed E-state index contributed by atoms with van der Waals surface area (Å²) in [5.41, 5.74) is 9.63. The summed E-state index contributed by atoms with van der Waals surface area (Å²) in [7, 11) is 0. The van der Waals surface area contributed by atoms with E-state index in [1.54, 1.807) is 0 Å². The lowest BCUT2D eigenvalue weighted by atomic mass is 9.65. The lowest BCUT2D eigenvalue weighted by molar-refractivity contribution is 0.491. The van der Waals surface area contributed by atoms with Gasteiger partial charge in [0.25, 0.3) is 0 Å². The zero-order chi connectivity index (χ0) is 19.9. The summed E-state index contributed by atoms with van der Waals surface area (Å²) in [6.45, 7) is 0. The number of benzene rings is 4. The second-order valence-corrected chi connectivity index (χ2v) is 9.09. The van der Waals surface area contributed by atoms with Gasteiger partial charge in [-0.2, -0.15) is 0 Å². The fraction of sp³-hybridized carbons (Fsp3) is 0.103. The minimum atomic E-state index is -0.188. The van der Waals surface area contributed by atoms with E-state index in [1.807, 2.05) is 0 Å². The molecule has 0 bridgehead atoms. The highest BCUT2D eigenvalue weighted by Crippen LogP contribution is 2.66. The van der Waals surface area contributed by atoms with Crippen molar-refractivity contribution >= 4 is 27.9 Å². The molecule has 1 heteroatoms. The second kappa shape index (κ2) is 5.74. The first-order chi connectivity index (χ1) is 14.8. The van der Waals surface area contributed by atoms with Crippen molar-refractivity contribution in [2.24, 2.45) is 5.92 Å². The number of hydrogen-bond acceptors (Lipinski definition) is 0. The minimum absolute atomic E-state index is 0.188. The molecule has 0 N–H and O–H groups in total. The highest BCUT2D eigenvalue weighted by atomic mass is 35.5. The molecule has 0 aromatic heterocycles. The molecule has 30 heavy (non-hydrogen) atoms. The van der Waals surface area contributed by atoms with E-state index in [0.29, 0.717) is 5.92 Å². The van der Waals surface area contributed by atoms with Crippen molar-refractivity contribution in [1.82, 2.24) is 0 Å². The van der Waals surface area contributed by atoms with Crippen LogP contribution in [0.1, 0.15) is 28.7 Å². The molecule has 3 aliphatic rings. The van der Waals surface area contributed by atoms with Crippen LogP contribution in [0.15, 0.2) is 102 Å². The van der Waals surface area contributed by atoms with Gasteiger partial charge in [-0.05, 0) is 62.2 Å². The second-order valence-electron chi connectivity index (χ2n) is 8.60. The minimum Gasteiger partial charge on any atom is -0.0891 e. The molecule has 1 spiro atoms. The third kappa shape index (κ3) is 1.84. The predicted octanol–water partition coefficient (Wildman–Crippen LogP) is 7.69. The number of rotatable bonds is 0. The van der Waals surface area contributed by atoms with Gasteiger partial charge in [0, 0.05) is 11.0 Å². The molecule has 0 saturated carbocycles. The summed E-state index contributed by atoms with van der Waals surface area (Å²) in [5, 5.41) is 3.59. The number of allylic oxidation sites excluding steroid dienone is 4. The van der Waals surface area contributed by atoms with Crippen molar-refractivity contribution in [2.75, 3.05) is 0 Å². The van der Waals surface area contributed by atoms with Crippen LogP contribution in [-0.2, 0) is 5.41 Å². The highest BCUT2D eigenvalue weighted by molar-refractivity contribution is 6.30. The van der Waals surface area contributed by atoms with Gasteiger partial charge in [0.05, 0.1) is 5.41 Å². The Hall–Kier alpha value is -3.09. The van der Waals surface area contributed by atoms with Crippen molar-refractivity contribution in [2.45, 2.75) is 11.8 Å². The van der Waals surface area contributed by atoms with Crippen LogP contribution in [0.2, 0.25) is 0 Å². The van der Waals surface area contributed by atoms with Gasteiger partial charge in [0.1, 0.15) is 0 Å². The summed E-state index contributed by atoms with van der Waals surface area (Å²) in [6, 6.07) is 31.4. The van der Waals surface area contributed by atoms with Gasteiger partial charge in [0.15, 0.2) is 0 Å². The van der Waals surface area contributed by atoms with E-state index in [1.165, 1.54) is 49.7 Å². The van der Waals surface area contributed by atoms with Gasteiger partial charge in [-0.15, -0.1) is 0 Å². The van der Waals surface area contributed by atoms with Gasteiger partial charge in [-0.3, -0.25) is 0 Å². The van der Waals surface area contributed by atoms with Crippen molar-refractivity contribution in [1.29, 1.82) is 0 Å². The first kappa shape index (κ1) is 16.7. The maximum atomic E-state index is 6.68. The molecule has 0 saturated heterocycles. The first-order valence-corrected chi connectivity index (χ1v) is 11.0. The van der Waals surface area contributed by atoms with Gasteiger partial charge in [-0.25, -0.2) is 0 Å². The van der Waals surface area contributed by atoms with Crippen LogP contribution in [0.3, 0.4) is 0 Å². The molecule has 0 fully saturated rings. The van der Waals surface area contributed by atoms with E-state index in [0.717, 1.165) is 11.5 Å². The summed E-state index contributed by atoms with van der Waals surface area (Å²) in [6.07, 6.45) is 5.25. The first-order valence-electron chi connectivity index (χ1n) is 10.6. The Kier molecular flexibility index (Phi) is 3.19. The van der Waals surface area contributed by atoms with Crippen LogP contribution in [0.25, 0.3) is 27.5 Å². The van der Waals surface area contributed by atoms with Gasteiger partial charge in [0.2, 0.25) is 0 Å². The summed E-state index contributed by atoms with van der Waals surface area (Å²) in [5.74, 6) is 0.306. The fourth-order valence-electron chi connectivity index (χ4n) is 6.35. The summed E-state index contributed by atoms with van der Waals surface area (Å²) in [4.78, 5) is 0. The SMILES string of the molecule is ClC1=CC=C2c3c(ccc4ccccc34)C3(c4ccccc4-c4ccccc43)C2C1. The maximum absolute atomic E-state index is 6.68. The van der Waals surface area contributed by atoms with Crippen LogP contribution < -0.4 is 0 Å². The van der Waals surface area contributed by atoms with Crippen LogP contribution in [0, 0.1) is 5.92 Å². The Balaban J connectivity index is 1.70. The highest BCUT2D eigenvalue weighted by Gasteiger charge is 2.56. The Morgan fingerprint density at radius 2 is 1.33 bits per heavy atom. The Morgan fingerprint density at radius 1 is 0.667 bits per heavy atom. The zero-order valence-electron chi connectivity index (χ0n) is 16.4. The van der Waals surface area contributed by atoms with Crippen LogP contribution >= 0.6 is 11.6 Å². The van der Waals surface area contributed by atoms with Crippen molar-refractivity contribution < 1.29 is 0 Å². The van der Waals surface area contributed by atoms with Crippen LogP contribution in [0.5, 0.6) is 0 Å². The lowest BCUT2D eigenvalue weighted by Crippen LogP contribution is -2.32. The van der Waals surface area contributed by atoms with Gasteiger partial charge < -0.3 is 0 Å². The quantitative estimate of drug-likeness (QED) is 0.282. The standard InChI is InChI=1S/C29H19Cl/c30-19-14-15-23-27(17-19)29(26-16-13-18-7-1-2-8-20(18)28(23)26)24-11-5-3-9-21(24)22-10-4-6-12-25(22)29/h1-16,27H,17H2. The third-order valence-corrected chi connectivity index (χ3v) is 7.66. The van der Waals surface area contributed by atoms with Crippen molar-refractivity contribution in [3.63, 3.8) is 0 Å². The molecular weight excluding hydrogens is 384 g/mol. The molecule has 3 aliphatic carbocycles. The molecule has 142 valence electrons. The molecule has 4 aromatic carbocycles.